The smallest absolute Gasteiger partial charge is 0.296 e. The van der Waals surface area contributed by atoms with Gasteiger partial charge in [-0.15, -0.1) is 5.10 Å². The molecule has 2 aromatic carbocycles. The molecule has 25 heavy (non-hydrogen) atoms. The fourth-order valence-electron chi connectivity index (χ4n) is 2.94. The number of nitrogens with one attached hydrogen (secondary N) is 1. The molecule has 1 aliphatic heterocycles. The van der Waals surface area contributed by atoms with Crippen molar-refractivity contribution < 1.29 is 9.90 Å². The minimum atomic E-state index is -0.562. The van der Waals surface area contributed by atoms with E-state index >= 15 is 0 Å². The van der Waals surface area contributed by atoms with Crippen molar-refractivity contribution in [1.82, 2.24) is 20.6 Å². The van der Waals surface area contributed by atoms with E-state index < -0.39 is 11.9 Å². The zero-order valence-electron chi connectivity index (χ0n) is 12.8. The largest absolute Gasteiger partial charge is 0.503 e. The maximum absolute atomic E-state index is 12.7. The van der Waals surface area contributed by atoms with Crippen molar-refractivity contribution in [2.45, 2.75) is 6.04 Å². The summed E-state index contributed by atoms with van der Waals surface area (Å²) in [6.45, 7) is 0. The summed E-state index contributed by atoms with van der Waals surface area (Å²) < 4.78 is 0.918. The number of carbonyl (C=O) groups is 1. The van der Waals surface area contributed by atoms with Gasteiger partial charge < -0.3 is 5.11 Å². The molecule has 8 heteroatoms. The fraction of sp³-hybridized carbons (Fsp3) is 0.0588. The third kappa shape index (κ3) is 2.60. The summed E-state index contributed by atoms with van der Waals surface area (Å²) in [6.07, 6.45) is 0. The molecular formula is C17H12BrN5O2. The highest BCUT2D eigenvalue weighted by Gasteiger charge is 2.43. The first kappa shape index (κ1) is 15.5. The number of aliphatic hydroxyl groups excluding tert-OH is 1. The van der Waals surface area contributed by atoms with Gasteiger partial charge in [0.1, 0.15) is 0 Å². The summed E-state index contributed by atoms with van der Waals surface area (Å²) in [5, 5.41) is 24.3. The summed E-state index contributed by atoms with van der Waals surface area (Å²) in [6, 6.07) is 16.3. The Morgan fingerprint density at radius 3 is 2.44 bits per heavy atom. The van der Waals surface area contributed by atoms with Crippen LogP contribution in [0.1, 0.15) is 17.2 Å². The molecule has 0 saturated heterocycles. The number of aromatic nitrogens is 4. The molecule has 0 spiro atoms. The molecule has 124 valence electrons. The maximum Gasteiger partial charge on any atom is 0.296 e. The van der Waals surface area contributed by atoms with E-state index in [1.165, 1.54) is 4.90 Å². The van der Waals surface area contributed by atoms with Gasteiger partial charge in [0.25, 0.3) is 11.9 Å². The number of benzene rings is 2. The standard InChI is InChI=1S/C17H12BrN5O2/c18-12-8-6-11(7-9-12)14-13(10-4-2-1-3-5-10)15(24)16(25)23(14)17-19-21-22-20-17/h1-9,14,24H,(H,19,20,21,22). The summed E-state index contributed by atoms with van der Waals surface area (Å²) >= 11 is 3.41. The Balaban J connectivity index is 1.91. The summed E-state index contributed by atoms with van der Waals surface area (Å²) in [4.78, 5) is 14.1. The summed E-state index contributed by atoms with van der Waals surface area (Å²) in [5.41, 5.74) is 2.09. The normalized spacial score (nSPS) is 17.4. The van der Waals surface area contributed by atoms with Crippen LogP contribution < -0.4 is 4.90 Å². The first-order chi connectivity index (χ1) is 12.2. The number of aromatic amines is 1. The number of carbonyl (C=O) groups excluding carboxylic acids is 1. The van der Waals surface area contributed by atoms with Crippen LogP contribution >= 0.6 is 15.9 Å². The molecule has 0 aliphatic carbocycles. The van der Waals surface area contributed by atoms with Crippen molar-refractivity contribution in [3.8, 4) is 0 Å². The van der Waals surface area contributed by atoms with Gasteiger partial charge in [0.05, 0.1) is 6.04 Å². The average Bonchev–Trinajstić information content (AvgIpc) is 3.24. The fourth-order valence-corrected chi connectivity index (χ4v) is 3.21. The van der Waals surface area contributed by atoms with E-state index in [1.807, 2.05) is 54.6 Å². The Morgan fingerprint density at radius 1 is 1.08 bits per heavy atom. The molecule has 4 rings (SSSR count). The second-order valence-electron chi connectivity index (χ2n) is 5.47. The van der Waals surface area contributed by atoms with Crippen LogP contribution in [0.5, 0.6) is 0 Å². The number of halogens is 1. The van der Waals surface area contributed by atoms with Gasteiger partial charge in [0.2, 0.25) is 0 Å². The third-order valence-corrected chi connectivity index (χ3v) is 4.56. The Kier molecular flexibility index (Phi) is 3.81. The molecule has 1 atom stereocenters. The molecule has 0 bridgehead atoms. The number of tetrazole rings is 1. The molecule has 1 amide bonds. The molecule has 3 aromatic rings. The number of anilines is 1. The van der Waals surface area contributed by atoms with Crippen LogP contribution in [0.3, 0.4) is 0 Å². The van der Waals surface area contributed by atoms with Gasteiger partial charge in [-0.1, -0.05) is 63.5 Å². The minimum absolute atomic E-state index is 0.107. The number of rotatable bonds is 3. The van der Waals surface area contributed by atoms with E-state index in [4.69, 9.17) is 0 Å². The van der Waals surface area contributed by atoms with Gasteiger partial charge in [-0.25, -0.2) is 0 Å². The van der Waals surface area contributed by atoms with E-state index in [0.29, 0.717) is 5.57 Å². The molecule has 1 unspecified atom stereocenters. The van der Waals surface area contributed by atoms with Crippen molar-refractivity contribution in [2.75, 3.05) is 4.90 Å². The zero-order valence-corrected chi connectivity index (χ0v) is 14.4. The van der Waals surface area contributed by atoms with Crippen molar-refractivity contribution in [1.29, 1.82) is 0 Å². The second kappa shape index (κ2) is 6.14. The minimum Gasteiger partial charge on any atom is -0.503 e. The molecule has 0 saturated carbocycles. The topological polar surface area (TPSA) is 95.0 Å². The Hall–Kier alpha value is -3.00. The van der Waals surface area contributed by atoms with Crippen LogP contribution in [-0.4, -0.2) is 31.6 Å². The lowest BCUT2D eigenvalue weighted by atomic mass is 9.94. The lowest BCUT2D eigenvalue weighted by Gasteiger charge is -2.24. The van der Waals surface area contributed by atoms with Crippen LogP contribution in [-0.2, 0) is 4.79 Å². The lowest BCUT2D eigenvalue weighted by molar-refractivity contribution is -0.117. The number of hydrogen-bond acceptors (Lipinski definition) is 5. The number of H-pyrrole nitrogens is 1. The van der Waals surface area contributed by atoms with Gasteiger partial charge in [-0.2, -0.15) is 5.21 Å². The van der Waals surface area contributed by atoms with Gasteiger partial charge >= 0.3 is 0 Å². The van der Waals surface area contributed by atoms with Crippen molar-refractivity contribution in [3.05, 3.63) is 76.0 Å². The Bertz CT molecular complexity index is 939. The van der Waals surface area contributed by atoms with E-state index in [1.54, 1.807) is 0 Å². The van der Waals surface area contributed by atoms with Gasteiger partial charge in [-0.3, -0.25) is 9.69 Å². The lowest BCUT2D eigenvalue weighted by Crippen LogP contribution is -2.31. The molecule has 1 aromatic heterocycles. The third-order valence-electron chi connectivity index (χ3n) is 4.03. The van der Waals surface area contributed by atoms with E-state index in [2.05, 4.69) is 36.6 Å². The highest BCUT2D eigenvalue weighted by atomic mass is 79.9. The predicted molar refractivity (Wildman–Crippen MR) is 94.5 cm³/mol. The number of aliphatic hydroxyl groups is 1. The second-order valence-corrected chi connectivity index (χ2v) is 6.39. The first-order valence-electron chi connectivity index (χ1n) is 7.48. The molecule has 2 heterocycles. The van der Waals surface area contributed by atoms with Crippen LogP contribution in [0.2, 0.25) is 0 Å². The average molecular weight is 398 g/mol. The van der Waals surface area contributed by atoms with Gasteiger partial charge in [-0.05, 0) is 28.5 Å². The number of hydrogen-bond donors (Lipinski definition) is 2. The van der Waals surface area contributed by atoms with Crippen molar-refractivity contribution in [2.24, 2.45) is 0 Å². The Morgan fingerprint density at radius 2 is 1.80 bits per heavy atom. The highest BCUT2D eigenvalue weighted by Crippen LogP contribution is 2.44. The van der Waals surface area contributed by atoms with E-state index in [-0.39, 0.29) is 11.7 Å². The molecule has 0 fully saturated rings. The SMILES string of the molecule is O=C1C(O)=C(c2ccccc2)C(c2ccc(Br)cc2)N1c1nn[nH]n1. The number of amides is 1. The molecule has 0 radical (unpaired) electrons. The molecule has 1 aliphatic rings. The first-order valence-corrected chi connectivity index (χ1v) is 8.27. The quantitative estimate of drug-likeness (QED) is 0.707. The van der Waals surface area contributed by atoms with Crippen LogP contribution in [0.25, 0.3) is 5.57 Å². The zero-order chi connectivity index (χ0) is 17.4. The van der Waals surface area contributed by atoms with Crippen LogP contribution in [0.15, 0.2) is 64.8 Å². The van der Waals surface area contributed by atoms with Crippen LogP contribution in [0.4, 0.5) is 5.95 Å². The molecule has 7 nitrogen and oxygen atoms in total. The highest BCUT2D eigenvalue weighted by molar-refractivity contribution is 9.10. The summed E-state index contributed by atoms with van der Waals surface area (Å²) in [5.74, 6) is -0.771. The Labute approximate surface area is 151 Å². The van der Waals surface area contributed by atoms with Gasteiger partial charge in [0, 0.05) is 10.0 Å². The molecular weight excluding hydrogens is 386 g/mol. The molecule has 2 N–H and O–H groups in total. The van der Waals surface area contributed by atoms with E-state index in [0.717, 1.165) is 15.6 Å². The van der Waals surface area contributed by atoms with Crippen LogP contribution in [0, 0.1) is 0 Å². The van der Waals surface area contributed by atoms with E-state index in [9.17, 15) is 9.90 Å². The maximum atomic E-state index is 12.7. The van der Waals surface area contributed by atoms with Crippen molar-refractivity contribution in [3.63, 3.8) is 0 Å². The number of nitrogens with zero attached hydrogens (tertiary/aromatic N) is 4. The van der Waals surface area contributed by atoms with Gasteiger partial charge in [0.15, 0.2) is 5.76 Å². The summed E-state index contributed by atoms with van der Waals surface area (Å²) in [7, 11) is 0. The predicted octanol–water partition coefficient (Wildman–Crippen LogP) is 3.02. The van der Waals surface area contributed by atoms with Crippen molar-refractivity contribution >= 4 is 33.4 Å². The monoisotopic (exact) mass is 397 g/mol.